The molecule has 2 aliphatic heterocycles. The van der Waals surface area contributed by atoms with E-state index in [0.717, 1.165) is 37.5 Å². The number of hydrogen-bond donors (Lipinski definition) is 0. The molecule has 0 saturated carbocycles. The molecule has 0 bridgehead atoms. The molecule has 0 aliphatic carbocycles. The number of sulfone groups is 1. The Bertz CT molecular complexity index is 806. The van der Waals surface area contributed by atoms with E-state index in [4.69, 9.17) is 0 Å². The standard InChI is InChI=1S/C26H42N2O3S/c1-22(2)32(30,31)20-8-3-5-9-26(29)21-23-10-12-24(13-11-23)28-18-14-25(15-19-28)27-16-6-4-7-17-27/h10-13,22,25H,3-9,14-21H2,1-2H3. The van der Waals surface area contributed by atoms with E-state index in [1.54, 1.807) is 13.8 Å². The van der Waals surface area contributed by atoms with Crippen LogP contribution in [-0.2, 0) is 21.1 Å². The van der Waals surface area contributed by atoms with Crippen LogP contribution in [0, 0.1) is 0 Å². The van der Waals surface area contributed by atoms with Crippen molar-refractivity contribution in [3.63, 3.8) is 0 Å². The zero-order valence-electron chi connectivity index (χ0n) is 20.1. The topological polar surface area (TPSA) is 57.7 Å². The maximum atomic E-state index is 12.3. The largest absolute Gasteiger partial charge is 0.371 e. The highest BCUT2D eigenvalue weighted by molar-refractivity contribution is 7.91. The minimum atomic E-state index is -2.96. The smallest absolute Gasteiger partial charge is 0.152 e. The lowest BCUT2D eigenvalue weighted by molar-refractivity contribution is -0.118. The summed E-state index contributed by atoms with van der Waals surface area (Å²) < 4.78 is 23.7. The quantitative estimate of drug-likeness (QED) is 0.449. The Kier molecular flexibility index (Phi) is 9.60. The first-order valence-electron chi connectivity index (χ1n) is 12.7. The number of hydrogen-bond acceptors (Lipinski definition) is 5. The first-order valence-corrected chi connectivity index (χ1v) is 14.4. The molecule has 1 aromatic rings. The van der Waals surface area contributed by atoms with Gasteiger partial charge < -0.3 is 9.80 Å². The molecule has 0 radical (unpaired) electrons. The fourth-order valence-corrected chi connectivity index (χ4v) is 6.03. The van der Waals surface area contributed by atoms with Crippen LogP contribution in [0.3, 0.4) is 0 Å². The molecule has 1 aromatic carbocycles. The SMILES string of the molecule is CC(C)S(=O)(=O)CCCCCC(=O)Cc1ccc(N2CCC(N3CCCCC3)CC2)cc1. The maximum Gasteiger partial charge on any atom is 0.152 e. The molecule has 32 heavy (non-hydrogen) atoms. The summed E-state index contributed by atoms with van der Waals surface area (Å²) in [4.78, 5) is 17.5. The molecule has 2 aliphatic rings. The Hall–Kier alpha value is -1.40. The second-order valence-electron chi connectivity index (χ2n) is 9.92. The highest BCUT2D eigenvalue weighted by Crippen LogP contribution is 2.25. The lowest BCUT2D eigenvalue weighted by atomic mass is 9.99. The minimum Gasteiger partial charge on any atom is -0.371 e. The summed E-state index contributed by atoms with van der Waals surface area (Å²) in [6.45, 7) is 8.25. The van der Waals surface area contributed by atoms with Gasteiger partial charge in [-0.05, 0) is 83.2 Å². The van der Waals surface area contributed by atoms with Crippen molar-refractivity contribution in [2.45, 2.75) is 89.3 Å². The molecule has 0 amide bonds. The number of benzene rings is 1. The molecule has 0 N–H and O–H groups in total. The summed E-state index contributed by atoms with van der Waals surface area (Å²) in [7, 11) is -2.96. The zero-order chi connectivity index (χ0) is 23.0. The molecule has 0 unspecified atom stereocenters. The van der Waals surface area contributed by atoms with Crippen LogP contribution < -0.4 is 4.90 Å². The molecule has 0 aromatic heterocycles. The number of carbonyl (C=O) groups is 1. The van der Waals surface area contributed by atoms with Gasteiger partial charge in [0, 0.05) is 37.7 Å². The number of piperidine rings is 2. The van der Waals surface area contributed by atoms with Crippen LogP contribution in [0.2, 0.25) is 0 Å². The summed E-state index contributed by atoms with van der Waals surface area (Å²) >= 11 is 0. The number of anilines is 1. The van der Waals surface area contributed by atoms with Crippen molar-refractivity contribution < 1.29 is 13.2 Å². The predicted octanol–water partition coefficient (Wildman–Crippen LogP) is 4.64. The molecule has 3 rings (SSSR count). The van der Waals surface area contributed by atoms with Gasteiger partial charge in [-0.2, -0.15) is 0 Å². The Balaban J connectivity index is 1.35. The van der Waals surface area contributed by atoms with Gasteiger partial charge >= 0.3 is 0 Å². The van der Waals surface area contributed by atoms with Gasteiger partial charge in [0.05, 0.1) is 11.0 Å². The fourth-order valence-electron chi connectivity index (χ4n) is 4.95. The third-order valence-electron chi connectivity index (χ3n) is 7.18. The van der Waals surface area contributed by atoms with E-state index in [9.17, 15) is 13.2 Å². The van der Waals surface area contributed by atoms with E-state index < -0.39 is 9.84 Å². The van der Waals surface area contributed by atoms with Crippen LogP contribution in [-0.4, -0.2) is 62.3 Å². The normalized spacial score (nSPS) is 18.9. The van der Waals surface area contributed by atoms with Gasteiger partial charge in [0.25, 0.3) is 0 Å². The number of rotatable bonds is 11. The van der Waals surface area contributed by atoms with Crippen molar-refractivity contribution >= 4 is 21.3 Å². The molecule has 5 nitrogen and oxygen atoms in total. The Labute approximate surface area is 195 Å². The Morgan fingerprint density at radius 1 is 0.938 bits per heavy atom. The molecule has 180 valence electrons. The van der Waals surface area contributed by atoms with Gasteiger partial charge in [0.15, 0.2) is 9.84 Å². The number of carbonyl (C=O) groups excluding carboxylic acids is 1. The van der Waals surface area contributed by atoms with Crippen LogP contribution in [0.25, 0.3) is 0 Å². The van der Waals surface area contributed by atoms with Crippen LogP contribution in [0.15, 0.2) is 24.3 Å². The third kappa shape index (κ3) is 7.58. The Morgan fingerprint density at radius 2 is 1.59 bits per heavy atom. The van der Waals surface area contributed by atoms with E-state index in [2.05, 4.69) is 34.1 Å². The number of nitrogens with zero attached hydrogens (tertiary/aromatic N) is 2. The van der Waals surface area contributed by atoms with Gasteiger partial charge in [-0.1, -0.05) is 25.0 Å². The molecule has 6 heteroatoms. The summed E-state index contributed by atoms with van der Waals surface area (Å²) in [6, 6.07) is 9.29. The van der Waals surface area contributed by atoms with E-state index >= 15 is 0 Å². The number of unbranched alkanes of at least 4 members (excludes halogenated alkanes) is 2. The molecule has 2 fully saturated rings. The van der Waals surface area contributed by atoms with Gasteiger partial charge in [-0.3, -0.25) is 4.79 Å². The van der Waals surface area contributed by atoms with Crippen molar-refractivity contribution in [3.8, 4) is 0 Å². The third-order valence-corrected chi connectivity index (χ3v) is 9.47. The average Bonchev–Trinajstić information content (AvgIpc) is 2.80. The number of Topliss-reactive ketones (excluding diaryl/α,β-unsaturated/α-hetero) is 1. The molecule has 2 heterocycles. The van der Waals surface area contributed by atoms with Crippen LogP contribution in [0.1, 0.15) is 77.2 Å². The zero-order valence-corrected chi connectivity index (χ0v) is 20.9. The first-order chi connectivity index (χ1) is 15.3. The van der Waals surface area contributed by atoms with Gasteiger partial charge in [0.2, 0.25) is 0 Å². The maximum absolute atomic E-state index is 12.3. The van der Waals surface area contributed by atoms with E-state index in [1.807, 2.05) is 0 Å². The van der Waals surface area contributed by atoms with Crippen LogP contribution >= 0.6 is 0 Å². The van der Waals surface area contributed by atoms with Gasteiger partial charge in [-0.25, -0.2) is 8.42 Å². The van der Waals surface area contributed by atoms with Crippen molar-refractivity contribution in [2.75, 3.05) is 36.8 Å². The van der Waals surface area contributed by atoms with Crippen molar-refractivity contribution in [1.29, 1.82) is 0 Å². The molecule has 2 saturated heterocycles. The van der Waals surface area contributed by atoms with Crippen molar-refractivity contribution in [2.24, 2.45) is 0 Å². The first kappa shape index (κ1) is 25.2. The summed E-state index contributed by atoms with van der Waals surface area (Å²) in [5.41, 5.74) is 2.34. The van der Waals surface area contributed by atoms with E-state index in [-0.39, 0.29) is 16.8 Å². The fraction of sp³-hybridized carbons (Fsp3) is 0.731. The number of likely N-dealkylation sites (tertiary alicyclic amines) is 1. The van der Waals surface area contributed by atoms with Gasteiger partial charge in [0.1, 0.15) is 5.78 Å². The number of ketones is 1. The molecular formula is C26H42N2O3S. The monoisotopic (exact) mass is 462 g/mol. The second kappa shape index (κ2) is 12.2. The van der Waals surface area contributed by atoms with Crippen LogP contribution in [0.4, 0.5) is 5.69 Å². The van der Waals surface area contributed by atoms with Gasteiger partial charge in [-0.15, -0.1) is 0 Å². The molecule has 0 atom stereocenters. The van der Waals surface area contributed by atoms with E-state index in [1.165, 1.54) is 50.9 Å². The lowest BCUT2D eigenvalue weighted by Crippen LogP contribution is -2.46. The van der Waals surface area contributed by atoms with Crippen molar-refractivity contribution in [1.82, 2.24) is 4.90 Å². The summed E-state index contributed by atoms with van der Waals surface area (Å²) in [5.74, 6) is 0.474. The Morgan fingerprint density at radius 3 is 2.22 bits per heavy atom. The van der Waals surface area contributed by atoms with Crippen LogP contribution in [0.5, 0.6) is 0 Å². The molecule has 0 spiro atoms. The lowest BCUT2D eigenvalue weighted by Gasteiger charge is -2.41. The molecular weight excluding hydrogens is 420 g/mol. The van der Waals surface area contributed by atoms with E-state index in [0.29, 0.717) is 19.3 Å². The minimum absolute atomic E-state index is 0.232. The predicted molar refractivity (Wildman–Crippen MR) is 133 cm³/mol. The highest BCUT2D eigenvalue weighted by Gasteiger charge is 2.25. The average molecular weight is 463 g/mol. The second-order valence-corrected chi connectivity index (χ2v) is 12.6. The summed E-state index contributed by atoms with van der Waals surface area (Å²) in [5, 5.41) is -0.312. The highest BCUT2D eigenvalue weighted by atomic mass is 32.2. The summed E-state index contributed by atoms with van der Waals surface area (Å²) in [6.07, 6.45) is 9.84. The van der Waals surface area contributed by atoms with Crippen molar-refractivity contribution in [3.05, 3.63) is 29.8 Å².